The van der Waals surface area contributed by atoms with Crippen LogP contribution < -0.4 is 14.8 Å². The van der Waals surface area contributed by atoms with Gasteiger partial charge in [-0.3, -0.25) is 4.79 Å². The van der Waals surface area contributed by atoms with E-state index in [9.17, 15) is 9.59 Å². The second-order valence-electron chi connectivity index (χ2n) is 4.89. The van der Waals surface area contributed by atoms with Crippen LogP contribution >= 0.6 is 0 Å². The first-order chi connectivity index (χ1) is 11.5. The Kier molecular flexibility index (Phi) is 7.61. The van der Waals surface area contributed by atoms with Crippen LogP contribution in [0, 0.1) is 0 Å². The molecular weight excluding hydrogens is 314 g/mol. The fourth-order valence-corrected chi connectivity index (χ4v) is 2.03. The summed E-state index contributed by atoms with van der Waals surface area (Å²) in [7, 11) is 5.66. The number of hydrogen-bond donors (Lipinski definition) is 1. The number of carbonyl (C=O) groups excluding carboxylic acids is 2. The van der Waals surface area contributed by atoms with Gasteiger partial charge in [-0.25, -0.2) is 4.79 Å². The molecule has 0 atom stereocenters. The number of esters is 2. The molecule has 132 valence electrons. The van der Waals surface area contributed by atoms with E-state index >= 15 is 0 Å². The Morgan fingerprint density at radius 1 is 1.00 bits per heavy atom. The molecule has 0 aliphatic rings. The Bertz CT molecular complexity index is 624. The van der Waals surface area contributed by atoms with Crippen molar-refractivity contribution in [1.82, 2.24) is 5.32 Å². The largest absolute Gasteiger partial charge is 0.493 e. The second kappa shape index (κ2) is 9.44. The monoisotopic (exact) mass is 337 g/mol. The molecular formula is C17H23NO6. The molecule has 0 saturated carbocycles. The van der Waals surface area contributed by atoms with Gasteiger partial charge in [-0.15, -0.1) is 0 Å². The van der Waals surface area contributed by atoms with Crippen LogP contribution in [0.25, 0.3) is 0 Å². The molecule has 24 heavy (non-hydrogen) atoms. The van der Waals surface area contributed by atoms with Gasteiger partial charge in [0.1, 0.15) is 0 Å². The molecule has 0 heterocycles. The maximum atomic E-state index is 11.8. The first kappa shape index (κ1) is 19.3. The number of hydrogen-bond acceptors (Lipinski definition) is 7. The van der Waals surface area contributed by atoms with Crippen LogP contribution in [0.5, 0.6) is 11.5 Å². The SMILES string of the molecule is COC(=O)CC(C(=O)OC)=C(C)NCc1ccc(OC)c(OC)c1. The van der Waals surface area contributed by atoms with E-state index in [4.69, 9.17) is 14.2 Å². The Balaban J connectivity index is 2.92. The van der Waals surface area contributed by atoms with Gasteiger partial charge in [0.05, 0.1) is 40.4 Å². The Morgan fingerprint density at radius 3 is 2.21 bits per heavy atom. The summed E-state index contributed by atoms with van der Waals surface area (Å²) in [6.07, 6.45) is -0.159. The van der Waals surface area contributed by atoms with E-state index in [2.05, 4.69) is 10.1 Å². The average Bonchev–Trinajstić information content (AvgIpc) is 2.62. The van der Waals surface area contributed by atoms with Crippen molar-refractivity contribution in [2.24, 2.45) is 0 Å². The van der Waals surface area contributed by atoms with Crippen LogP contribution in [0.2, 0.25) is 0 Å². The maximum Gasteiger partial charge on any atom is 0.336 e. The summed E-state index contributed by atoms with van der Waals surface area (Å²) in [5.41, 5.74) is 1.70. The smallest absolute Gasteiger partial charge is 0.336 e. The van der Waals surface area contributed by atoms with Crippen LogP contribution in [-0.4, -0.2) is 40.4 Å². The number of allylic oxidation sites excluding steroid dienone is 1. The van der Waals surface area contributed by atoms with Gasteiger partial charge >= 0.3 is 11.9 Å². The zero-order valence-electron chi connectivity index (χ0n) is 14.6. The minimum absolute atomic E-state index is 0.159. The van der Waals surface area contributed by atoms with Crippen LogP contribution in [0.4, 0.5) is 0 Å². The van der Waals surface area contributed by atoms with Crippen LogP contribution in [0.3, 0.4) is 0 Å². The third-order valence-electron chi connectivity index (χ3n) is 3.44. The lowest BCUT2D eigenvalue weighted by Crippen LogP contribution is -2.20. The molecule has 0 radical (unpaired) electrons. The predicted molar refractivity (Wildman–Crippen MR) is 87.7 cm³/mol. The molecule has 0 spiro atoms. The van der Waals surface area contributed by atoms with Gasteiger partial charge in [-0.1, -0.05) is 6.07 Å². The normalized spacial score (nSPS) is 11.2. The van der Waals surface area contributed by atoms with Crippen molar-refractivity contribution < 1.29 is 28.5 Å². The Morgan fingerprint density at radius 2 is 1.67 bits per heavy atom. The number of nitrogens with one attached hydrogen (secondary N) is 1. The average molecular weight is 337 g/mol. The van der Waals surface area contributed by atoms with Gasteiger partial charge in [0.25, 0.3) is 0 Å². The molecule has 0 aromatic heterocycles. The van der Waals surface area contributed by atoms with E-state index in [1.54, 1.807) is 27.2 Å². The summed E-state index contributed by atoms with van der Waals surface area (Å²) in [5, 5.41) is 3.11. The van der Waals surface area contributed by atoms with Gasteiger partial charge < -0.3 is 24.3 Å². The molecule has 0 aliphatic carbocycles. The fourth-order valence-electron chi connectivity index (χ4n) is 2.03. The highest BCUT2D eigenvalue weighted by molar-refractivity contribution is 5.94. The second-order valence-corrected chi connectivity index (χ2v) is 4.89. The number of benzene rings is 1. The van der Waals surface area contributed by atoms with Crippen molar-refractivity contribution in [2.45, 2.75) is 19.9 Å². The zero-order chi connectivity index (χ0) is 18.1. The van der Waals surface area contributed by atoms with Crippen LogP contribution in [0.15, 0.2) is 29.5 Å². The van der Waals surface area contributed by atoms with Crippen molar-refractivity contribution in [1.29, 1.82) is 0 Å². The molecule has 0 bridgehead atoms. The summed E-state index contributed by atoms with van der Waals surface area (Å²) in [5.74, 6) is 0.163. The van der Waals surface area contributed by atoms with Gasteiger partial charge in [-0.2, -0.15) is 0 Å². The summed E-state index contributed by atoms with van der Waals surface area (Å²) in [6, 6.07) is 5.50. The lowest BCUT2D eigenvalue weighted by atomic mass is 10.1. The molecule has 7 nitrogen and oxygen atoms in total. The Hall–Kier alpha value is -2.70. The number of methoxy groups -OCH3 is 4. The maximum absolute atomic E-state index is 11.8. The van der Waals surface area contributed by atoms with Gasteiger partial charge in [-0.05, 0) is 24.6 Å². The van der Waals surface area contributed by atoms with Crippen LogP contribution in [-0.2, 0) is 25.6 Å². The molecule has 0 saturated heterocycles. The molecule has 1 N–H and O–H groups in total. The number of ether oxygens (including phenoxy) is 4. The van der Waals surface area contributed by atoms with Gasteiger partial charge in [0.15, 0.2) is 11.5 Å². The summed E-state index contributed by atoms with van der Waals surface area (Å²) < 4.78 is 19.8. The highest BCUT2D eigenvalue weighted by Gasteiger charge is 2.18. The third-order valence-corrected chi connectivity index (χ3v) is 3.44. The third kappa shape index (κ3) is 5.19. The van der Waals surface area contributed by atoms with Crippen molar-refractivity contribution in [2.75, 3.05) is 28.4 Å². The summed E-state index contributed by atoms with van der Waals surface area (Å²) in [6.45, 7) is 2.14. The molecule has 0 aliphatic heterocycles. The minimum Gasteiger partial charge on any atom is -0.493 e. The quantitative estimate of drug-likeness (QED) is 0.572. The van der Waals surface area contributed by atoms with Crippen molar-refractivity contribution >= 4 is 11.9 Å². The number of rotatable bonds is 8. The molecule has 7 heteroatoms. The van der Waals surface area contributed by atoms with E-state index < -0.39 is 11.9 Å². The van der Waals surface area contributed by atoms with E-state index in [0.29, 0.717) is 23.7 Å². The van der Waals surface area contributed by atoms with Gasteiger partial charge in [0, 0.05) is 12.2 Å². The van der Waals surface area contributed by atoms with Crippen molar-refractivity contribution in [3.63, 3.8) is 0 Å². The van der Waals surface area contributed by atoms with E-state index in [1.165, 1.54) is 14.2 Å². The molecule has 0 fully saturated rings. The summed E-state index contributed by atoms with van der Waals surface area (Å²) in [4.78, 5) is 23.3. The van der Waals surface area contributed by atoms with E-state index in [1.807, 2.05) is 12.1 Å². The highest BCUT2D eigenvalue weighted by Crippen LogP contribution is 2.27. The van der Waals surface area contributed by atoms with E-state index in [0.717, 1.165) is 5.56 Å². The first-order valence-electron chi connectivity index (χ1n) is 7.26. The molecule has 0 amide bonds. The first-order valence-corrected chi connectivity index (χ1v) is 7.26. The summed E-state index contributed by atoms with van der Waals surface area (Å²) >= 11 is 0. The topological polar surface area (TPSA) is 83.1 Å². The fraction of sp³-hybridized carbons (Fsp3) is 0.412. The molecule has 1 aromatic rings. The number of carbonyl (C=O) groups is 2. The lowest BCUT2D eigenvalue weighted by molar-refractivity contribution is -0.143. The predicted octanol–water partition coefficient (Wildman–Crippen LogP) is 1.80. The zero-order valence-corrected chi connectivity index (χ0v) is 14.6. The molecule has 1 rings (SSSR count). The van der Waals surface area contributed by atoms with Gasteiger partial charge in [0.2, 0.25) is 0 Å². The van der Waals surface area contributed by atoms with Crippen molar-refractivity contribution in [3.8, 4) is 11.5 Å². The van der Waals surface area contributed by atoms with E-state index in [-0.39, 0.29) is 12.0 Å². The Labute approximate surface area is 141 Å². The minimum atomic E-state index is -0.572. The lowest BCUT2D eigenvalue weighted by Gasteiger charge is -2.13. The highest BCUT2D eigenvalue weighted by atomic mass is 16.5. The van der Waals surface area contributed by atoms with Crippen LogP contribution in [0.1, 0.15) is 18.9 Å². The molecule has 0 unspecified atom stereocenters. The molecule has 1 aromatic carbocycles. The standard InChI is InChI=1S/C17H23NO6/c1-11(13(17(20)24-5)9-16(19)23-4)18-10-12-6-7-14(21-2)15(8-12)22-3/h6-8,18H,9-10H2,1-5H3. The van der Waals surface area contributed by atoms with Crippen molar-refractivity contribution in [3.05, 3.63) is 35.0 Å².